The van der Waals surface area contributed by atoms with Crippen LogP contribution in [0.15, 0.2) is 46.9 Å². The monoisotopic (exact) mass is 329 g/mol. The van der Waals surface area contributed by atoms with Gasteiger partial charge in [-0.25, -0.2) is 0 Å². The molecule has 0 aliphatic rings. The lowest BCUT2D eigenvalue weighted by Crippen LogP contribution is -2.00. The van der Waals surface area contributed by atoms with E-state index < -0.39 is 0 Å². The second-order valence-electron chi connectivity index (χ2n) is 4.47. The summed E-state index contributed by atoms with van der Waals surface area (Å²) in [6.45, 7) is 2.03. The first kappa shape index (κ1) is 12.8. The Bertz CT molecular complexity index is 766. The molecule has 0 unspecified atom stereocenters. The third-order valence-electron chi connectivity index (χ3n) is 3.01. The maximum atomic E-state index is 5.81. The number of nitrogens with two attached hydrogens (primary N) is 1. The first-order valence-corrected chi connectivity index (χ1v) is 6.85. The zero-order valence-corrected chi connectivity index (χ0v) is 12.4. The van der Waals surface area contributed by atoms with E-state index >= 15 is 0 Å². The van der Waals surface area contributed by atoms with Crippen molar-refractivity contribution in [1.29, 1.82) is 0 Å². The molecule has 0 aliphatic carbocycles. The zero-order valence-electron chi connectivity index (χ0n) is 10.8. The average molecular weight is 330 g/mol. The molecule has 0 fully saturated rings. The summed E-state index contributed by atoms with van der Waals surface area (Å²) >= 11 is 3.52. The van der Waals surface area contributed by atoms with E-state index in [1.807, 2.05) is 49.4 Å². The predicted molar refractivity (Wildman–Crippen MR) is 81.4 cm³/mol. The number of aromatic nitrogens is 4. The fourth-order valence-electron chi connectivity index (χ4n) is 1.93. The molecule has 1 aromatic heterocycles. The van der Waals surface area contributed by atoms with Crippen LogP contribution < -0.4 is 5.73 Å². The molecule has 0 saturated carbocycles. The van der Waals surface area contributed by atoms with Crippen LogP contribution >= 0.6 is 15.9 Å². The van der Waals surface area contributed by atoms with Gasteiger partial charge in [0.1, 0.15) is 0 Å². The summed E-state index contributed by atoms with van der Waals surface area (Å²) in [7, 11) is 0. The van der Waals surface area contributed by atoms with Crippen molar-refractivity contribution in [3.8, 4) is 17.1 Å². The highest BCUT2D eigenvalue weighted by Crippen LogP contribution is 2.24. The number of nitrogen functional groups attached to an aromatic ring is 1. The topological polar surface area (TPSA) is 69.6 Å². The van der Waals surface area contributed by atoms with Gasteiger partial charge in [0.25, 0.3) is 0 Å². The summed E-state index contributed by atoms with van der Waals surface area (Å²) in [5.74, 6) is 0.660. The smallest absolute Gasteiger partial charge is 0.187 e. The van der Waals surface area contributed by atoms with Crippen molar-refractivity contribution in [3.63, 3.8) is 0 Å². The molecule has 0 aliphatic heterocycles. The van der Waals surface area contributed by atoms with Crippen LogP contribution in [0.3, 0.4) is 0 Å². The molecule has 3 aromatic rings. The van der Waals surface area contributed by atoms with E-state index in [0.29, 0.717) is 11.5 Å². The SMILES string of the molecule is Cc1ccc(-n2nnnc2-c2cccc(N)c2)cc1Br. The molecule has 3 rings (SSSR count). The Hall–Kier alpha value is -2.21. The van der Waals surface area contributed by atoms with Gasteiger partial charge in [-0.15, -0.1) is 5.10 Å². The quantitative estimate of drug-likeness (QED) is 0.734. The van der Waals surface area contributed by atoms with Crippen LogP contribution in [0, 0.1) is 6.92 Å². The molecule has 0 bridgehead atoms. The lowest BCUT2D eigenvalue weighted by Gasteiger charge is -2.07. The van der Waals surface area contributed by atoms with Gasteiger partial charge in [-0.05, 0) is 47.2 Å². The first-order chi connectivity index (χ1) is 9.65. The van der Waals surface area contributed by atoms with Crippen molar-refractivity contribution in [2.75, 3.05) is 5.73 Å². The Kier molecular flexibility index (Phi) is 3.23. The minimum Gasteiger partial charge on any atom is -0.399 e. The van der Waals surface area contributed by atoms with E-state index in [2.05, 4.69) is 31.5 Å². The third-order valence-corrected chi connectivity index (χ3v) is 3.87. The summed E-state index contributed by atoms with van der Waals surface area (Å²) in [6, 6.07) is 13.5. The van der Waals surface area contributed by atoms with Crippen molar-refractivity contribution in [1.82, 2.24) is 20.2 Å². The number of hydrogen-bond donors (Lipinski definition) is 1. The Morgan fingerprint density at radius 3 is 2.75 bits per heavy atom. The van der Waals surface area contributed by atoms with Gasteiger partial charge in [0.2, 0.25) is 0 Å². The summed E-state index contributed by atoms with van der Waals surface area (Å²) in [5.41, 5.74) is 9.43. The molecular weight excluding hydrogens is 318 g/mol. The van der Waals surface area contributed by atoms with Gasteiger partial charge in [0.15, 0.2) is 5.82 Å². The molecule has 2 aromatic carbocycles. The van der Waals surface area contributed by atoms with Gasteiger partial charge < -0.3 is 5.73 Å². The van der Waals surface area contributed by atoms with E-state index in [9.17, 15) is 0 Å². The van der Waals surface area contributed by atoms with Crippen LogP contribution in [0.25, 0.3) is 17.1 Å². The second kappa shape index (κ2) is 5.05. The molecule has 0 spiro atoms. The summed E-state index contributed by atoms with van der Waals surface area (Å²) in [5, 5.41) is 11.9. The average Bonchev–Trinajstić information content (AvgIpc) is 2.91. The molecule has 6 heteroatoms. The molecule has 100 valence electrons. The van der Waals surface area contributed by atoms with Gasteiger partial charge in [0, 0.05) is 15.7 Å². The third kappa shape index (κ3) is 2.30. The van der Waals surface area contributed by atoms with Crippen molar-refractivity contribution < 1.29 is 0 Å². The Morgan fingerprint density at radius 1 is 1.15 bits per heavy atom. The number of rotatable bonds is 2. The normalized spacial score (nSPS) is 10.7. The lowest BCUT2D eigenvalue weighted by molar-refractivity contribution is 0.790. The molecule has 2 N–H and O–H groups in total. The summed E-state index contributed by atoms with van der Waals surface area (Å²) < 4.78 is 2.71. The summed E-state index contributed by atoms with van der Waals surface area (Å²) in [4.78, 5) is 0. The number of benzene rings is 2. The minimum atomic E-state index is 0.660. The Labute approximate surface area is 124 Å². The number of aryl methyl sites for hydroxylation is 1. The van der Waals surface area contributed by atoms with Crippen LogP contribution in [-0.4, -0.2) is 20.2 Å². The number of anilines is 1. The maximum Gasteiger partial charge on any atom is 0.187 e. The highest BCUT2D eigenvalue weighted by molar-refractivity contribution is 9.10. The lowest BCUT2D eigenvalue weighted by atomic mass is 10.2. The minimum absolute atomic E-state index is 0.660. The van der Waals surface area contributed by atoms with Crippen LogP contribution in [0.1, 0.15) is 5.56 Å². The zero-order chi connectivity index (χ0) is 14.1. The molecule has 0 radical (unpaired) electrons. The van der Waals surface area contributed by atoms with Gasteiger partial charge in [-0.1, -0.05) is 34.1 Å². The van der Waals surface area contributed by atoms with E-state index in [4.69, 9.17) is 5.73 Å². The Morgan fingerprint density at radius 2 is 2.00 bits per heavy atom. The second-order valence-corrected chi connectivity index (χ2v) is 5.33. The molecule has 5 nitrogen and oxygen atoms in total. The number of nitrogens with zero attached hydrogens (tertiary/aromatic N) is 4. The van der Waals surface area contributed by atoms with Crippen molar-refractivity contribution in [3.05, 3.63) is 52.5 Å². The highest BCUT2D eigenvalue weighted by Gasteiger charge is 2.11. The molecule has 0 amide bonds. The van der Waals surface area contributed by atoms with Gasteiger partial charge in [-0.3, -0.25) is 0 Å². The fraction of sp³-hybridized carbons (Fsp3) is 0.0714. The van der Waals surface area contributed by atoms with Crippen molar-refractivity contribution in [2.45, 2.75) is 6.92 Å². The van der Waals surface area contributed by atoms with E-state index in [-0.39, 0.29) is 0 Å². The molecule has 1 heterocycles. The first-order valence-electron chi connectivity index (χ1n) is 6.06. The van der Waals surface area contributed by atoms with Crippen LogP contribution in [0.2, 0.25) is 0 Å². The molecule has 0 atom stereocenters. The van der Waals surface area contributed by atoms with Gasteiger partial charge >= 0.3 is 0 Å². The van der Waals surface area contributed by atoms with Crippen molar-refractivity contribution in [2.24, 2.45) is 0 Å². The van der Waals surface area contributed by atoms with Gasteiger partial charge in [-0.2, -0.15) is 4.68 Å². The largest absolute Gasteiger partial charge is 0.399 e. The summed E-state index contributed by atoms with van der Waals surface area (Å²) in [6.07, 6.45) is 0. The maximum absolute atomic E-state index is 5.81. The Balaban J connectivity index is 2.12. The predicted octanol–water partition coefficient (Wildman–Crippen LogP) is 2.98. The van der Waals surface area contributed by atoms with Crippen LogP contribution in [0.4, 0.5) is 5.69 Å². The molecule has 20 heavy (non-hydrogen) atoms. The number of tetrazole rings is 1. The van der Waals surface area contributed by atoms with E-state index in [1.54, 1.807) is 4.68 Å². The highest BCUT2D eigenvalue weighted by atomic mass is 79.9. The number of hydrogen-bond acceptors (Lipinski definition) is 4. The van der Waals surface area contributed by atoms with E-state index in [1.165, 1.54) is 0 Å². The molecule has 0 saturated heterocycles. The van der Waals surface area contributed by atoms with E-state index in [0.717, 1.165) is 21.3 Å². The van der Waals surface area contributed by atoms with Crippen LogP contribution in [-0.2, 0) is 0 Å². The van der Waals surface area contributed by atoms with Crippen molar-refractivity contribution >= 4 is 21.6 Å². The fourth-order valence-corrected chi connectivity index (χ4v) is 2.30. The standard InChI is InChI=1S/C14H12BrN5/c1-9-5-6-12(8-13(9)15)20-14(17-18-19-20)10-3-2-4-11(16)7-10/h2-8H,16H2,1H3. The molecular formula is C14H12BrN5. The van der Waals surface area contributed by atoms with Crippen LogP contribution in [0.5, 0.6) is 0 Å². The number of halogens is 1. The van der Waals surface area contributed by atoms with Gasteiger partial charge in [0.05, 0.1) is 5.69 Å².